The number of ether oxygens (including phenoxy) is 1. The number of piperazine rings is 1. The van der Waals surface area contributed by atoms with Gasteiger partial charge in [-0.25, -0.2) is 18.6 Å². The number of carbonyl (C=O) groups is 4. The van der Waals surface area contributed by atoms with E-state index in [1.54, 1.807) is 38.7 Å². The van der Waals surface area contributed by atoms with Crippen LogP contribution in [0, 0.1) is 17.0 Å². The molecule has 0 radical (unpaired) electrons. The molecule has 0 spiro atoms. The minimum atomic E-state index is -1.08. The van der Waals surface area contributed by atoms with Crippen LogP contribution in [0.3, 0.4) is 0 Å². The van der Waals surface area contributed by atoms with Gasteiger partial charge in [0.15, 0.2) is 11.6 Å². The molecule has 2 heterocycles. The first-order valence-electron chi connectivity index (χ1n) is 14.5. The summed E-state index contributed by atoms with van der Waals surface area (Å²) in [6, 6.07) is 3.74. The molecule has 5 rings (SSSR count). The van der Waals surface area contributed by atoms with Gasteiger partial charge in [-0.05, 0) is 83.1 Å². The van der Waals surface area contributed by atoms with E-state index in [1.807, 2.05) is 6.92 Å². The Balaban J connectivity index is 1.35. The summed E-state index contributed by atoms with van der Waals surface area (Å²) in [6.45, 7) is 9.00. The van der Waals surface area contributed by atoms with Gasteiger partial charge < -0.3 is 19.9 Å². The molecule has 1 saturated heterocycles. The molecule has 1 unspecified atom stereocenters. The average molecular weight is 598 g/mol. The van der Waals surface area contributed by atoms with Gasteiger partial charge in [0.05, 0.1) is 17.9 Å². The monoisotopic (exact) mass is 597 g/mol. The van der Waals surface area contributed by atoms with Crippen LogP contribution in [-0.2, 0) is 19.1 Å². The fourth-order valence-corrected chi connectivity index (χ4v) is 5.31. The molecule has 230 valence electrons. The molecule has 1 aromatic carbocycles. The lowest BCUT2D eigenvalue weighted by atomic mass is 9.97. The van der Waals surface area contributed by atoms with E-state index >= 15 is 0 Å². The molecule has 2 atom stereocenters. The molecule has 43 heavy (non-hydrogen) atoms. The third-order valence-electron chi connectivity index (χ3n) is 8.11. The molecule has 0 bridgehead atoms. The van der Waals surface area contributed by atoms with Crippen molar-refractivity contribution in [2.45, 2.75) is 83.9 Å². The van der Waals surface area contributed by atoms with Crippen LogP contribution in [0.25, 0.3) is 0 Å². The summed E-state index contributed by atoms with van der Waals surface area (Å²) in [5, 5.41) is 5.26. The van der Waals surface area contributed by atoms with Crippen molar-refractivity contribution in [3.8, 4) is 0 Å². The van der Waals surface area contributed by atoms with Crippen molar-refractivity contribution < 1.29 is 32.7 Å². The Bertz CT molecular complexity index is 1470. The van der Waals surface area contributed by atoms with Crippen LogP contribution in [-0.4, -0.2) is 63.3 Å². The number of hydrogen-bond donors (Lipinski definition) is 2. The summed E-state index contributed by atoms with van der Waals surface area (Å²) >= 11 is 0. The maximum atomic E-state index is 14.3. The summed E-state index contributed by atoms with van der Waals surface area (Å²) in [4.78, 5) is 59.8. The van der Waals surface area contributed by atoms with Gasteiger partial charge in [-0.1, -0.05) is 13.0 Å². The standard InChI is InChI=1S/C31H37F2N5O5/c1-17-15-38(24(19-8-9-22(32)23(33)12-19)16-37(17)28(41)31(5)10-11-31)27(40)26(39)35-20-13-21(18-6-7-18)25(34-14-20)36-29(42)43-30(2,3)4/h8-9,12-14,17-18,24H,6-7,10-11,15-16H2,1-5H3,(H,35,39)(H,34,36,42)/t17-,24?/m1/s1. The molecular weight excluding hydrogens is 560 g/mol. The van der Waals surface area contributed by atoms with Crippen LogP contribution in [0.1, 0.15) is 83.4 Å². The van der Waals surface area contributed by atoms with Gasteiger partial charge in [-0.15, -0.1) is 0 Å². The molecule has 3 fully saturated rings. The van der Waals surface area contributed by atoms with E-state index in [1.165, 1.54) is 17.2 Å². The van der Waals surface area contributed by atoms with E-state index in [9.17, 15) is 28.0 Å². The minimum Gasteiger partial charge on any atom is -0.444 e. The number of aromatic nitrogens is 1. The number of anilines is 2. The van der Waals surface area contributed by atoms with E-state index in [-0.39, 0.29) is 36.2 Å². The number of benzene rings is 1. The lowest BCUT2D eigenvalue weighted by Crippen LogP contribution is -2.59. The zero-order chi connectivity index (χ0) is 31.3. The molecule has 2 saturated carbocycles. The van der Waals surface area contributed by atoms with Crippen molar-refractivity contribution in [2.75, 3.05) is 23.7 Å². The summed E-state index contributed by atoms with van der Waals surface area (Å²) < 4.78 is 33.4. The topological polar surface area (TPSA) is 121 Å². The third kappa shape index (κ3) is 6.78. The first-order chi connectivity index (χ1) is 20.1. The van der Waals surface area contributed by atoms with E-state index in [0.717, 1.165) is 37.8 Å². The Kier molecular flexibility index (Phi) is 7.91. The summed E-state index contributed by atoms with van der Waals surface area (Å²) in [5.74, 6) is -3.53. The number of pyridine rings is 1. The summed E-state index contributed by atoms with van der Waals surface area (Å²) in [5.41, 5.74) is 0.100. The molecule has 1 aliphatic heterocycles. The van der Waals surface area contributed by atoms with E-state index < -0.39 is 52.6 Å². The smallest absolute Gasteiger partial charge is 0.413 e. The summed E-state index contributed by atoms with van der Waals surface area (Å²) in [7, 11) is 0. The Labute approximate surface area is 249 Å². The second-order valence-corrected chi connectivity index (χ2v) is 13.0. The lowest BCUT2D eigenvalue weighted by molar-refractivity contribution is -0.153. The number of hydrogen-bond acceptors (Lipinski definition) is 6. The van der Waals surface area contributed by atoms with Gasteiger partial charge in [-0.3, -0.25) is 19.7 Å². The number of carbonyl (C=O) groups excluding carboxylic acids is 4. The predicted octanol–water partition coefficient (Wildman–Crippen LogP) is 5.12. The Morgan fingerprint density at radius 3 is 2.30 bits per heavy atom. The lowest BCUT2D eigenvalue weighted by Gasteiger charge is -2.46. The van der Waals surface area contributed by atoms with Gasteiger partial charge in [0.2, 0.25) is 5.91 Å². The molecule has 12 heteroatoms. The highest BCUT2D eigenvalue weighted by Gasteiger charge is 2.50. The SMILES string of the molecule is C[C@@H]1CN(C(=O)C(=O)Nc2cnc(NC(=O)OC(C)(C)C)c(C3CC3)c2)C(c2ccc(F)c(F)c2)CN1C(=O)C1(C)CC1. The second kappa shape index (κ2) is 11.2. The van der Waals surface area contributed by atoms with Crippen molar-refractivity contribution in [2.24, 2.45) is 5.41 Å². The van der Waals surface area contributed by atoms with Crippen molar-refractivity contribution >= 4 is 35.3 Å². The Hall–Kier alpha value is -4.09. The minimum absolute atomic E-state index is 0.0298. The zero-order valence-electron chi connectivity index (χ0n) is 25.0. The largest absolute Gasteiger partial charge is 0.444 e. The molecule has 2 aliphatic carbocycles. The Morgan fingerprint density at radius 2 is 1.70 bits per heavy atom. The highest BCUT2D eigenvalue weighted by Crippen LogP contribution is 2.48. The van der Waals surface area contributed by atoms with Gasteiger partial charge in [0, 0.05) is 30.1 Å². The van der Waals surface area contributed by atoms with Gasteiger partial charge in [0.25, 0.3) is 0 Å². The van der Waals surface area contributed by atoms with E-state index in [0.29, 0.717) is 11.4 Å². The highest BCUT2D eigenvalue weighted by atomic mass is 19.2. The van der Waals surface area contributed by atoms with Crippen LogP contribution >= 0.6 is 0 Å². The number of amides is 4. The molecule has 4 amide bonds. The number of rotatable bonds is 5. The predicted molar refractivity (Wildman–Crippen MR) is 154 cm³/mol. The fraction of sp³-hybridized carbons (Fsp3) is 0.516. The van der Waals surface area contributed by atoms with Crippen molar-refractivity contribution in [3.05, 3.63) is 53.2 Å². The van der Waals surface area contributed by atoms with E-state index in [4.69, 9.17) is 4.74 Å². The molecule has 1 aromatic heterocycles. The maximum Gasteiger partial charge on any atom is 0.413 e. The number of nitrogens with zero attached hydrogens (tertiary/aromatic N) is 3. The van der Waals surface area contributed by atoms with E-state index in [2.05, 4.69) is 15.6 Å². The fourth-order valence-electron chi connectivity index (χ4n) is 5.31. The molecule has 2 aromatic rings. The molecular formula is C31H37F2N5O5. The molecule has 2 N–H and O–H groups in total. The van der Waals surface area contributed by atoms with Crippen molar-refractivity contribution in [3.63, 3.8) is 0 Å². The molecule has 3 aliphatic rings. The first-order valence-corrected chi connectivity index (χ1v) is 14.5. The maximum absolute atomic E-state index is 14.3. The molecule has 10 nitrogen and oxygen atoms in total. The van der Waals surface area contributed by atoms with Gasteiger partial charge in [0.1, 0.15) is 11.4 Å². The zero-order valence-corrected chi connectivity index (χ0v) is 25.0. The van der Waals surface area contributed by atoms with Crippen molar-refractivity contribution in [1.29, 1.82) is 0 Å². The number of nitrogens with one attached hydrogen (secondary N) is 2. The van der Waals surface area contributed by atoms with Crippen LogP contribution in [0.2, 0.25) is 0 Å². The normalized spacial score (nSPS) is 21.2. The Morgan fingerprint density at radius 1 is 1.00 bits per heavy atom. The van der Waals surface area contributed by atoms with Gasteiger partial charge in [-0.2, -0.15) is 0 Å². The first kappa shape index (κ1) is 30.4. The third-order valence-corrected chi connectivity index (χ3v) is 8.11. The quantitative estimate of drug-likeness (QED) is 0.462. The number of halogens is 2. The van der Waals surface area contributed by atoms with Gasteiger partial charge >= 0.3 is 17.9 Å². The summed E-state index contributed by atoms with van der Waals surface area (Å²) in [6.07, 6.45) is 3.98. The highest BCUT2D eigenvalue weighted by molar-refractivity contribution is 6.39. The van der Waals surface area contributed by atoms with Crippen LogP contribution < -0.4 is 10.6 Å². The van der Waals surface area contributed by atoms with Crippen molar-refractivity contribution in [1.82, 2.24) is 14.8 Å². The average Bonchev–Trinajstić information content (AvgIpc) is 3.86. The van der Waals surface area contributed by atoms with Crippen LogP contribution in [0.4, 0.5) is 25.1 Å². The van der Waals surface area contributed by atoms with Crippen LogP contribution in [0.15, 0.2) is 30.5 Å². The van der Waals surface area contributed by atoms with Crippen LogP contribution in [0.5, 0.6) is 0 Å². The second-order valence-electron chi connectivity index (χ2n) is 13.0.